The number of carbonyl (C=O) groups excluding carboxylic acids is 2. The van der Waals surface area contributed by atoms with Crippen LogP contribution in [-0.4, -0.2) is 16.8 Å². The van der Waals surface area contributed by atoms with Crippen molar-refractivity contribution in [3.63, 3.8) is 0 Å². The van der Waals surface area contributed by atoms with Crippen molar-refractivity contribution in [3.8, 4) is 17.4 Å². The van der Waals surface area contributed by atoms with Gasteiger partial charge in [0.1, 0.15) is 18.1 Å². The zero-order chi connectivity index (χ0) is 22.3. The summed E-state index contributed by atoms with van der Waals surface area (Å²) in [5, 5.41) is 2.73. The summed E-state index contributed by atoms with van der Waals surface area (Å²) in [5.74, 6) is 0.591. The lowest BCUT2D eigenvalue weighted by atomic mass is 10.2. The van der Waals surface area contributed by atoms with Gasteiger partial charge in [0.05, 0.1) is 18.1 Å². The number of primary amides is 1. The molecule has 2 aromatic heterocycles. The molecule has 0 spiro atoms. The van der Waals surface area contributed by atoms with Crippen molar-refractivity contribution in [1.82, 2.24) is 4.98 Å². The second kappa shape index (κ2) is 9.48. The van der Waals surface area contributed by atoms with Gasteiger partial charge in [-0.2, -0.15) is 0 Å². The van der Waals surface area contributed by atoms with Crippen LogP contribution in [-0.2, 0) is 6.61 Å². The molecule has 0 aliphatic carbocycles. The van der Waals surface area contributed by atoms with Crippen LogP contribution in [0.5, 0.6) is 17.4 Å². The van der Waals surface area contributed by atoms with E-state index in [0.717, 1.165) is 0 Å². The topological polar surface area (TPSA) is 117 Å². The van der Waals surface area contributed by atoms with Gasteiger partial charge in [-0.3, -0.25) is 9.59 Å². The maximum Gasteiger partial charge on any atom is 0.291 e. The number of nitrogens with two attached hydrogens (primary N) is 1. The van der Waals surface area contributed by atoms with E-state index in [4.69, 9.17) is 19.6 Å². The summed E-state index contributed by atoms with van der Waals surface area (Å²) in [6.45, 7) is 0.193. The molecule has 2 heterocycles. The number of nitrogens with one attached hydrogen (secondary N) is 1. The molecule has 3 N–H and O–H groups in total. The molecule has 8 nitrogen and oxygen atoms in total. The minimum atomic E-state index is -0.548. The van der Waals surface area contributed by atoms with Crippen LogP contribution in [0.25, 0.3) is 0 Å². The fraction of sp³-hybridized carbons (Fsp3) is 0.0417. The number of hydrogen-bond donors (Lipinski definition) is 2. The van der Waals surface area contributed by atoms with E-state index in [-0.39, 0.29) is 12.4 Å². The normalized spacial score (nSPS) is 10.4. The fourth-order valence-electron chi connectivity index (χ4n) is 2.86. The van der Waals surface area contributed by atoms with E-state index in [2.05, 4.69) is 10.3 Å². The van der Waals surface area contributed by atoms with Gasteiger partial charge in [-0.15, -0.1) is 0 Å². The molecule has 0 aliphatic heterocycles. The van der Waals surface area contributed by atoms with Gasteiger partial charge in [-0.05, 0) is 42.5 Å². The molecule has 0 unspecified atom stereocenters. The lowest BCUT2D eigenvalue weighted by Gasteiger charge is -2.08. The van der Waals surface area contributed by atoms with Crippen molar-refractivity contribution in [3.05, 3.63) is 102 Å². The Balaban J connectivity index is 1.38. The minimum Gasteiger partial charge on any atom is -0.489 e. The average molecular weight is 429 g/mol. The number of ether oxygens (including phenoxy) is 2. The van der Waals surface area contributed by atoms with Gasteiger partial charge in [0.2, 0.25) is 11.8 Å². The molecule has 0 radical (unpaired) electrons. The van der Waals surface area contributed by atoms with E-state index < -0.39 is 11.8 Å². The molecule has 0 aliphatic rings. The predicted molar refractivity (Wildman–Crippen MR) is 117 cm³/mol. The third kappa shape index (κ3) is 5.11. The molecule has 160 valence electrons. The molecule has 0 saturated heterocycles. The van der Waals surface area contributed by atoms with Crippen LogP contribution in [0.4, 0.5) is 5.69 Å². The Bertz CT molecular complexity index is 1220. The Kier molecular flexibility index (Phi) is 6.12. The number of carbonyl (C=O) groups is 2. The first kappa shape index (κ1) is 20.7. The van der Waals surface area contributed by atoms with E-state index in [1.807, 2.05) is 30.3 Å². The smallest absolute Gasteiger partial charge is 0.291 e. The van der Waals surface area contributed by atoms with Crippen LogP contribution in [0.1, 0.15) is 26.5 Å². The number of nitrogens with zero attached hydrogens (tertiary/aromatic N) is 1. The predicted octanol–water partition coefficient (Wildman–Crippen LogP) is 4.40. The number of rotatable bonds is 8. The largest absolute Gasteiger partial charge is 0.489 e. The molecule has 0 bridgehead atoms. The van der Waals surface area contributed by atoms with Crippen LogP contribution >= 0.6 is 0 Å². The standard InChI is InChI=1S/C24H19N3O5/c25-23(28)16-5-4-8-20(13-16)32-21-10-9-18(14-26-21)27-24(29)22-17(11-12-30-22)15-31-19-6-2-1-3-7-19/h1-14H,15H2,(H2,25,28)(H,27,29). The Morgan fingerprint density at radius 2 is 1.78 bits per heavy atom. The van der Waals surface area contributed by atoms with Crippen molar-refractivity contribution in [2.45, 2.75) is 6.61 Å². The van der Waals surface area contributed by atoms with E-state index in [0.29, 0.717) is 34.2 Å². The highest BCUT2D eigenvalue weighted by Crippen LogP contribution is 2.22. The highest BCUT2D eigenvalue weighted by Gasteiger charge is 2.16. The van der Waals surface area contributed by atoms with Crippen molar-refractivity contribution in [1.29, 1.82) is 0 Å². The van der Waals surface area contributed by atoms with Crippen LogP contribution in [0, 0.1) is 0 Å². The summed E-state index contributed by atoms with van der Waals surface area (Å²) in [6.07, 6.45) is 2.89. The highest BCUT2D eigenvalue weighted by molar-refractivity contribution is 6.03. The summed E-state index contributed by atoms with van der Waals surface area (Å²) in [5.41, 5.74) is 6.68. The van der Waals surface area contributed by atoms with Crippen molar-refractivity contribution < 1.29 is 23.5 Å². The van der Waals surface area contributed by atoms with Gasteiger partial charge in [0.15, 0.2) is 5.76 Å². The monoisotopic (exact) mass is 429 g/mol. The number of benzene rings is 2. The Morgan fingerprint density at radius 3 is 2.53 bits per heavy atom. The molecule has 4 rings (SSSR count). The summed E-state index contributed by atoms with van der Waals surface area (Å²) in [4.78, 5) is 28.1. The van der Waals surface area contributed by atoms with E-state index in [9.17, 15) is 9.59 Å². The summed E-state index contributed by atoms with van der Waals surface area (Å²) < 4.78 is 16.7. The van der Waals surface area contributed by atoms with Gasteiger partial charge < -0.3 is 24.9 Å². The summed E-state index contributed by atoms with van der Waals surface area (Å²) in [6, 6.07) is 20.7. The zero-order valence-corrected chi connectivity index (χ0v) is 16.9. The Hall–Kier alpha value is -4.59. The molecule has 0 fully saturated rings. The number of amides is 2. The second-order valence-corrected chi connectivity index (χ2v) is 6.71. The van der Waals surface area contributed by atoms with Crippen LogP contribution in [0.15, 0.2) is 89.7 Å². The van der Waals surface area contributed by atoms with Gasteiger partial charge in [0.25, 0.3) is 5.91 Å². The summed E-state index contributed by atoms with van der Waals surface area (Å²) in [7, 11) is 0. The van der Waals surface area contributed by atoms with Gasteiger partial charge in [-0.25, -0.2) is 4.98 Å². The zero-order valence-electron chi connectivity index (χ0n) is 16.9. The Labute approximate surface area is 183 Å². The first-order valence-corrected chi connectivity index (χ1v) is 9.68. The van der Waals surface area contributed by atoms with Crippen LogP contribution < -0.4 is 20.5 Å². The molecule has 0 atom stereocenters. The number of pyridine rings is 1. The third-order valence-electron chi connectivity index (χ3n) is 4.43. The van der Waals surface area contributed by atoms with E-state index in [1.54, 1.807) is 36.4 Å². The van der Waals surface area contributed by atoms with Crippen molar-refractivity contribution in [2.24, 2.45) is 5.73 Å². The third-order valence-corrected chi connectivity index (χ3v) is 4.43. The number of furan rings is 1. The highest BCUT2D eigenvalue weighted by atomic mass is 16.5. The average Bonchev–Trinajstić information content (AvgIpc) is 3.29. The first-order chi connectivity index (χ1) is 15.6. The molecular formula is C24H19N3O5. The summed E-state index contributed by atoms with van der Waals surface area (Å²) >= 11 is 0. The van der Waals surface area contributed by atoms with Crippen LogP contribution in [0.3, 0.4) is 0 Å². The maximum atomic E-state index is 12.6. The minimum absolute atomic E-state index is 0.157. The van der Waals surface area contributed by atoms with Gasteiger partial charge in [-0.1, -0.05) is 24.3 Å². The quantitative estimate of drug-likeness (QED) is 0.429. The SMILES string of the molecule is NC(=O)c1cccc(Oc2ccc(NC(=O)c3occc3COc3ccccc3)cn2)c1. The molecule has 4 aromatic rings. The maximum absolute atomic E-state index is 12.6. The number of anilines is 1. The number of para-hydroxylation sites is 1. The first-order valence-electron chi connectivity index (χ1n) is 9.68. The molecule has 0 saturated carbocycles. The van der Waals surface area contributed by atoms with Crippen molar-refractivity contribution >= 4 is 17.5 Å². The van der Waals surface area contributed by atoms with E-state index >= 15 is 0 Å². The molecular weight excluding hydrogens is 410 g/mol. The molecule has 2 amide bonds. The lowest BCUT2D eigenvalue weighted by molar-refractivity contribution is 0.0988. The fourth-order valence-corrected chi connectivity index (χ4v) is 2.86. The number of hydrogen-bond acceptors (Lipinski definition) is 6. The van der Waals surface area contributed by atoms with Gasteiger partial charge >= 0.3 is 0 Å². The van der Waals surface area contributed by atoms with Gasteiger partial charge in [0, 0.05) is 17.2 Å². The van der Waals surface area contributed by atoms with Crippen molar-refractivity contribution in [2.75, 3.05) is 5.32 Å². The molecule has 8 heteroatoms. The number of aromatic nitrogens is 1. The van der Waals surface area contributed by atoms with E-state index in [1.165, 1.54) is 18.5 Å². The molecule has 2 aromatic carbocycles. The van der Waals surface area contributed by atoms with Crippen LogP contribution in [0.2, 0.25) is 0 Å². The second-order valence-electron chi connectivity index (χ2n) is 6.71. The lowest BCUT2D eigenvalue weighted by Crippen LogP contribution is -2.14. The molecule has 32 heavy (non-hydrogen) atoms. The Morgan fingerprint density at radius 1 is 0.969 bits per heavy atom.